The molecule has 0 bridgehead atoms. The molecular formula is C32H43F2N5O3S. The lowest BCUT2D eigenvalue weighted by atomic mass is 9.84. The summed E-state index contributed by atoms with van der Waals surface area (Å²) in [6, 6.07) is 14.5. The second-order valence-corrected chi connectivity index (χ2v) is 14.9. The van der Waals surface area contributed by atoms with Crippen LogP contribution in [0.15, 0.2) is 60.8 Å². The van der Waals surface area contributed by atoms with Crippen molar-refractivity contribution in [2.45, 2.75) is 63.9 Å². The number of nitrogens with two attached hydrogens (primary N) is 1. The van der Waals surface area contributed by atoms with Crippen LogP contribution in [0.5, 0.6) is 0 Å². The van der Waals surface area contributed by atoms with Crippen LogP contribution < -0.4 is 5.73 Å². The molecule has 0 radical (unpaired) electrons. The van der Waals surface area contributed by atoms with Crippen molar-refractivity contribution in [3.8, 4) is 11.3 Å². The topological polar surface area (TPSA) is 102 Å². The summed E-state index contributed by atoms with van der Waals surface area (Å²) in [6.07, 6.45) is 4.07. The Morgan fingerprint density at radius 3 is 2.37 bits per heavy atom. The van der Waals surface area contributed by atoms with Crippen molar-refractivity contribution in [3.63, 3.8) is 0 Å². The number of piperidine rings is 1. The second kappa shape index (κ2) is 13.5. The zero-order valence-electron chi connectivity index (χ0n) is 25.4. The number of carbonyl (C=O) groups is 1. The highest BCUT2D eigenvalue weighted by atomic mass is 32.2. The summed E-state index contributed by atoms with van der Waals surface area (Å²) >= 11 is 0. The van der Waals surface area contributed by atoms with Gasteiger partial charge < -0.3 is 20.1 Å². The molecule has 0 saturated carbocycles. The molecule has 1 unspecified atom stereocenters. The van der Waals surface area contributed by atoms with Crippen molar-refractivity contribution >= 4 is 15.9 Å². The Kier molecular flexibility index (Phi) is 10.3. The van der Waals surface area contributed by atoms with Crippen molar-refractivity contribution < 1.29 is 22.0 Å². The number of alkyl halides is 1. The average molecular weight is 616 g/mol. The molecular weight excluding hydrogens is 572 g/mol. The fourth-order valence-corrected chi connectivity index (χ4v) is 6.78. The van der Waals surface area contributed by atoms with E-state index in [2.05, 4.69) is 0 Å². The van der Waals surface area contributed by atoms with Gasteiger partial charge in [-0.1, -0.05) is 63.2 Å². The molecule has 4 rings (SSSR count). The molecule has 2 amide bonds. The Labute approximate surface area is 253 Å². The summed E-state index contributed by atoms with van der Waals surface area (Å²) in [7, 11) is -3.21. The maximum Gasteiger partial charge on any atom is 0.320 e. The zero-order chi connectivity index (χ0) is 31.4. The molecule has 2 N–H and O–H groups in total. The summed E-state index contributed by atoms with van der Waals surface area (Å²) in [6.45, 7) is 6.60. The maximum atomic E-state index is 14.3. The molecule has 234 valence electrons. The first kappa shape index (κ1) is 32.6. The van der Waals surface area contributed by atoms with Gasteiger partial charge in [-0.2, -0.15) is 0 Å². The minimum absolute atomic E-state index is 0.186. The highest BCUT2D eigenvalue weighted by molar-refractivity contribution is 7.91. The largest absolute Gasteiger partial charge is 0.328 e. The lowest BCUT2D eigenvalue weighted by Gasteiger charge is -2.43. The third-order valence-corrected chi connectivity index (χ3v) is 9.69. The number of nitrogens with zero attached hydrogens (tertiary/aromatic N) is 4. The van der Waals surface area contributed by atoms with Gasteiger partial charge in [0.25, 0.3) is 0 Å². The van der Waals surface area contributed by atoms with E-state index in [0.29, 0.717) is 49.6 Å². The Balaban J connectivity index is 1.79. The number of hydrogen-bond donors (Lipinski definition) is 1. The monoisotopic (exact) mass is 615 g/mol. The van der Waals surface area contributed by atoms with Crippen molar-refractivity contribution in [2.75, 3.05) is 32.6 Å². The Morgan fingerprint density at radius 2 is 1.79 bits per heavy atom. The van der Waals surface area contributed by atoms with Crippen LogP contribution in [0.4, 0.5) is 13.6 Å². The summed E-state index contributed by atoms with van der Waals surface area (Å²) in [5, 5.41) is -0.484. The van der Waals surface area contributed by atoms with Gasteiger partial charge in [-0.3, -0.25) is 0 Å². The van der Waals surface area contributed by atoms with Crippen molar-refractivity contribution in [1.82, 2.24) is 19.4 Å². The number of rotatable bonds is 10. The Bertz CT molecular complexity index is 1480. The number of hydrogen-bond acceptors (Lipinski definition) is 5. The second-order valence-electron chi connectivity index (χ2n) is 12.6. The number of sulfone groups is 1. The number of likely N-dealkylation sites (tertiary alicyclic amines) is 1. The third kappa shape index (κ3) is 8.20. The molecule has 3 aromatic rings. The van der Waals surface area contributed by atoms with E-state index in [-0.39, 0.29) is 24.8 Å². The van der Waals surface area contributed by atoms with Gasteiger partial charge in [0.15, 0.2) is 0 Å². The van der Waals surface area contributed by atoms with E-state index in [1.165, 1.54) is 18.4 Å². The van der Waals surface area contributed by atoms with Gasteiger partial charge in [-0.05, 0) is 42.4 Å². The number of urea groups is 1. The van der Waals surface area contributed by atoms with Crippen molar-refractivity contribution in [2.24, 2.45) is 11.1 Å². The molecule has 1 fully saturated rings. The van der Waals surface area contributed by atoms with Crippen LogP contribution in [0.1, 0.15) is 57.5 Å². The zero-order valence-corrected chi connectivity index (χ0v) is 26.2. The third-order valence-electron chi connectivity index (χ3n) is 8.00. The van der Waals surface area contributed by atoms with Crippen LogP contribution in [0.3, 0.4) is 0 Å². The molecule has 43 heavy (non-hydrogen) atoms. The van der Waals surface area contributed by atoms with Gasteiger partial charge in [0.1, 0.15) is 28.2 Å². The van der Waals surface area contributed by atoms with E-state index in [1.807, 2.05) is 61.9 Å². The Morgan fingerprint density at radius 1 is 1.12 bits per heavy atom. The number of benzene rings is 2. The van der Waals surface area contributed by atoms with Crippen LogP contribution >= 0.6 is 0 Å². The standard InChI is InChI=1S/C32H43F2N5O3S/c1-32(2,3)29(39(18-13-26(35)20-33)31(40)37-16-14-27(15-17-37)43(4,41)42)30-36-28(24-11-8-12-25(34)19-24)22-38(30)21-23-9-6-5-7-10-23/h5-12,19,22,26-27,29H,13-18,20-21,35H2,1-4H3/t26-,29?/m0/s1. The predicted molar refractivity (Wildman–Crippen MR) is 165 cm³/mol. The number of amides is 2. The van der Waals surface area contributed by atoms with Gasteiger partial charge >= 0.3 is 6.03 Å². The van der Waals surface area contributed by atoms with Gasteiger partial charge in [0.05, 0.1) is 17.0 Å². The highest BCUT2D eigenvalue weighted by Gasteiger charge is 2.41. The molecule has 2 heterocycles. The molecule has 8 nitrogen and oxygen atoms in total. The summed E-state index contributed by atoms with van der Waals surface area (Å²) in [5.41, 5.74) is 7.67. The molecule has 11 heteroatoms. The van der Waals surface area contributed by atoms with E-state index in [9.17, 15) is 22.0 Å². The SMILES string of the molecule is CC(C)(C)C(c1nc(-c2cccc(F)c2)cn1Cc1ccccc1)N(CC[C@H](N)CF)C(=O)N1CCC(S(C)(=O)=O)CC1. The first-order valence-corrected chi connectivity index (χ1v) is 16.7. The number of aromatic nitrogens is 2. The Hall–Kier alpha value is -3.31. The molecule has 1 saturated heterocycles. The quantitative estimate of drug-likeness (QED) is 0.327. The van der Waals surface area contributed by atoms with E-state index in [4.69, 9.17) is 10.7 Å². The summed E-state index contributed by atoms with van der Waals surface area (Å²) in [5.74, 6) is 0.238. The summed E-state index contributed by atoms with van der Waals surface area (Å²) < 4.78 is 54.0. The van der Waals surface area contributed by atoms with Crippen LogP contribution in [-0.2, 0) is 16.4 Å². The average Bonchev–Trinajstić information content (AvgIpc) is 3.36. The van der Waals surface area contributed by atoms with E-state index >= 15 is 0 Å². The van der Waals surface area contributed by atoms with Crippen molar-refractivity contribution in [1.29, 1.82) is 0 Å². The van der Waals surface area contributed by atoms with E-state index in [1.54, 1.807) is 21.9 Å². The maximum absolute atomic E-state index is 14.3. The van der Waals surface area contributed by atoms with Crippen LogP contribution in [0.2, 0.25) is 0 Å². The number of carbonyl (C=O) groups excluding carboxylic acids is 1. The molecule has 1 aromatic heterocycles. The summed E-state index contributed by atoms with van der Waals surface area (Å²) in [4.78, 5) is 22.7. The van der Waals surface area contributed by atoms with Crippen molar-refractivity contribution in [3.05, 3.63) is 78.0 Å². The fraction of sp³-hybridized carbons (Fsp3) is 0.500. The molecule has 0 aliphatic carbocycles. The normalized spacial score (nSPS) is 16.2. The molecule has 0 spiro atoms. The molecule has 1 aliphatic rings. The molecule has 1 aliphatic heterocycles. The van der Waals surface area contributed by atoms with Gasteiger partial charge in [0, 0.05) is 50.2 Å². The number of imidazole rings is 1. The van der Waals surface area contributed by atoms with Gasteiger partial charge in [-0.25, -0.2) is 27.0 Å². The predicted octanol–water partition coefficient (Wildman–Crippen LogP) is 5.44. The first-order valence-electron chi connectivity index (χ1n) is 14.7. The van der Waals surface area contributed by atoms with E-state index in [0.717, 1.165) is 5.56 Å². The smallest absolute Gasteiger partial charge is 0.320 e. The molecule has 2 atom stereocenters. The minimum Gasteiger partial charge on any atom is -0.328 e. The lowest BCUT2D eigenvalue weighted by Crippen LogP contribution is -2.52. The van der Waals surface area contributed by atoms with Crippen LogP contribution in [0.25, 0.3) is 11.3 Å². The highest BCUT2D eigenvalue weighted by Crippen LogP contribution is 2.40. The van der Waals surface area contributed by atoms with Crippen LogP contribution in [-0.4, -0.2) is 77.7 Å². The minimum atomic E-state index is -3.21. The lowest BCUT2D eigenvalue weighted by molar-refractivity contribution is 0.0770. The van der Waals surface area contributed by atoms with Gasteiger partial charge in [0.2, 0.25) is 0 Å². The van der Waals surface area contributed by atoms with Gasteiger partial charge in [-0.15, -0.1) is 0 Å². The molecule has 2 aromatic carbocycles. The first-order chi connectivity index (χ1) is 20.3. The van der Waals surface area contributed by atoms with E-state index < -0.39 is 39.3 Å². The van der Waals surface area contributed by atoms with Crippen LogP contribution in [0, 0.1) is 11.2 Å². The number of halogens is 2. The fourth-order valence-electron chi connectivity index (χ4n) is 5.71.